The van der Waals surface area contributed by atoms with Crippen LogP contribution in [-0.4, -0.2) is 22.2 Å². The van der Waals surface area contributed by atoms with E-state index in [9.17, 15) is 4.79 Å². The van der Waals surface area contributed by atoms with Gasteiger partial charge in [-0.1, -0.05) is 16.8 Å². The van der Waals surface area contributed by atoms with Gasteiger partial charge in [0, 0.05) is 11.1 Å². The maximum absolute atomic E-state index is 12.4. The van der Waals surface area contributed by atoms with Gasteiger partial charge >= 0.3 is 0 Å². The number of aryl methyl sites for hydroxylation is 1. The van der Waals surface area contributed by atoms with Crippen molar-refractivity contribution < 1.29 is 9.26 Å². The van der Waals surface area contributed by atoms with Crippen LogP contribution in [0, 0.1) is 6.92 Å². The number of nitrogens with zero attached hydrogens (tertiary/aromatic N) is 2. The number of rotatable bonds is 3. The number of aromatic nitrogens is 3. The molecule has 0 aliphatic rings. The van der Waals surface area contributed by atoms with Gasteiger partial charge in [-0.2, -0.15) is 4.98 Å². The van der Waals surface area contributed by atoms with E-state index in [1.807, 2.05) is 49.4 Å². The zero-order chi connectivity index (χ0) is 17.4. The lowest BCUT2D eigenvalue weighted by molar-refractivity contribution is 0.414. The Balaban J connectivity index is 1.77. The minimum absolute atomic E-state index is 0.251. The first-order valence-corrected chi connectivity index (χ1v) is 7.76. The van der Waals surface area contributed by atoms with Gasteiger partial charge in [-0.05, 0) is 54.8 Å². The smallest absolute Gasteiger partial charge is 0.259 e. The van der Waals surface area contributed by atoms with Gasteiger partial charge in [0.2, 0.25) is 5.82 Å². The Hall–Kier alpha value is -3.41. The second-order valence-electron chi connectivity index (χ2n) is 5.75. The fraction of sp³-hybridized carbons (Fsp3) is 0.105. The van der Waals surface area contributed by atoms with E-state index in [-0.39, 0.29) is 11.4 Å². The van der Waals surface area contributed by atoms with Crippen LogP contribution in [0.1, 0.15) is 5.56 Å². The Morgan fingerprint density at radius 1 is 1.08 bits per heavy atom. The van der Waals surface area contributed by atoms with Crippen LogP contribution in [0.25, 0.3) is 33.7 Å². The lowest BCUT2D eigenvalue weighted by atomic mass is 10.1. The summed E-state index contributed by atoms with van der Waals surface area (Å²) < 4.78 is 10.4. The van der Waals surface area contributed by atoms with Gasteiger partial charge in [0.05, 0.1) is 12.7 Å². The van der Waals surface area contributed by atoms with Crippen LogP contribution in [0.3, 0.4) is 0 Å². The molecule has 25 heavy (non-hydrogen) atoms. The molecule has 2 heterocycles. The molecule has 0 fully saturated rings. The predicted molar refractivity (Wildman–Crippen MR) is 94.6 cm³/mol. The molecular formula is C19H15N3O3. The average Bonchev–Trinajstić information content (AvgIpc) is 3.11. The summed E-state index contributed by atoms with van der Waals surface area (Å²) in [6.07, 6.45) is 0. The predicted octanol–water partition coefficient (Wildman–Crippen LogP) is 3.56. The van der Waals surface area contributed by atoms with Gasteiger partial charge < -0.3 is 14.2 Å². The number of ether oxygens (including phenoxy) is 1. The minimum Gasteiger partial charge on any atom is -0.497 e. The van der Waals surface area contributed by atoms with Crippen molar-refractivity contribution in [3.8, 4) is 28.6 Å². The first-order valence-electron chi connectivity index (χ1n) is 7.76. The third kappa shape index (κ3) is 2.78. The molecule has 0 amide bonds. The van der Waals surface area contributed by atoms with E-state index < -0.39 is 0 Å². The molecule has 124 valence electrons. The SMILES string of the molecule is COc1ccc(-c2nc(-c3cc4cc(C)ccc4[nH]c3=O)no2)cc1. The van der Waals surface area contributed by atoms with Crippen molar-refractivity contribution in [2.75, 3.05) is 7.11 Å². The van der Waals surface area contributed by atoms with Crippen LogP contribution in [0.15, 0.2) is 57.8 Å². The summed E-state index contributed by atoms with van der Waals surface area (Å²) >= 11 is 0. The summed E-state index contributed by atoms with van der Waals surface area (Å²) in [5, 5.41) is 4.88. The number of aromatic amines is 1. The second-order valence-corrected chi connectivity index (χ2v) is 5.75. The van der Waals surface area contributed by atoms with Gasteiger partial charge in [0.25, 0.3) is 11.4 Å². The highest BCUT2D eigenvalue weighted by Gasteiger charge is 2.14. The molecular weight excluding hydrogens is 318 g/mol. The third-order valence-corrected chi connectivity index (χ3v) is 4.00. The van der Waals surface area contributed by atoms with Gasteiger partial charge in [-0.15, -0.1) is 0 Å². The van der Waals surface area contributed by atoms with Crippen LogP contribution in [0.2, 0.25) is 0 Å². The fourth-order valence-electron chi connectivity index (χ4n) is 2.68. The molecule has 6 nitrogen and oxygen atoms in total. The van der Waals surface area contributed by atoms with Crippen LogP contribution >= 0.6 is 0 Å². The van der Waals surface area contributed by atoms with Crippen molar-refractivity contribution in [3.63, 3.8) is 0 Å². The van der Waals surface area contributed by atoms with Crippen molar-refractivity contribution >= 4 is 10.9 Å². The van der Waals surface area contributed by atoms with Crippen molar-refractivity contribution in [2.45, 2.75) is 6.92 Å². The number of benzene rings is 2. The lowest BCUT2D eigenvalue weighted by Crippen LogP contribution is -2.09. The molecule has 1 N–H and O–H groups in total. The van der Waals surface area contributed by atoms with E-state index in [1.54, 1.807) is 13.2 Å². The summed E-state index contributed by atoms with van der Waals surface area (Å²) in [5.74, 6) is 1.35. The Morgan fingerprint density at radius 2 is 1.88 bits per heavy atom. The zero-order valence-corrected chi connectivity index (χ0v) is 13.7. The number of pyridine rings is 1. The molecule has 0 unspecified atom stereocenters. The molecule has 0 spiro atoms. The molecule has 6 heteroatoms. The van der Waals surface area contributed by atoms with E-state index in [0.29, 0.717) is 11.5 Å². The summed E-state index contributed by atoms with van der Waals surface area (Å²) in [4.78, 5) is 19.6. The largest absolute Gasteiger partial charge is 0.497 e. The molecule has 4 aromatic rings. The Bertz CT molecular complexity index is 1110. The Labute approximate surface area is 143 Å². The highest BCUT2D eigenvalue weighted by Crippen LogP contribution is 2.24. The van der Waals surface area contributed by atoms with Gasteiger partial charge in [0.15, 0.2) is 0 Å². The van der Waals surface area contributed by atoms with Crippen molar-refractivity contribution in [1.29, 1.82) is 0 Å². The molecule has 0 atom stereocenters. The number of H-pyrrole nitrogens is 1. The van der Waals surface area contributed by atoms with E-state index >= 15 is 0 Å². The lowest BCUT2D eigenvalue weighted by Gasteiger charge is -2.01. The summed E-state index contributed by atoms with van der Waals surface area (Å²) in [6, 6.07) is 14.9. The zero-order valence-electron chi connectivity index (χ0n) is 13.7. The van der Waals surface area contributed by atoms with Crippen LogP contribution in [-0.2, 0) is 0 Å². The standard InChI is InChI=1S/C19H15N3O3/c1-11-3-8-16-13(9-11)10-15(18(23)20-16)17-21-19(25-22-17)12-4-6-14(24-2)7-5-12/h3-10H,1-2H3,(H,20,23). The van der Waals surface area contributed by atoms with E-state index in [4.69, 9.17) is 9.26 Å². The average molecular weight is 333 g/mol. The van der Waals surface area contributed by atoms with E-state index in [2.05, 4.69) is 15.1 Å². The van der Waals surface area contributed by atoms with E-state index in [0.717, 1.165) is 27.8 Å². The topological polar surface area (TPSA) is 81.0 Å². The van der Waals surface area contributed by atoms with Crippen molar-refractivity contribution in [1.82, 2.24) is 15.1 Å². The van der Waals surface area contributed by atoms with Crippen molar-refractivity contribution in [2.24, 2.45) is 0 Å². The Morgan fingerprint density at radius 3 is 2.64 bits per heavy atom. The molecule has 0 radical (unpaired) electrons. The summed E-state index contributed by atoms with van der Waals surface area (Å²) in [6.45, 7) is 2.00. The second kappa shape index (κ2) is 5.90. The summed E-state index contributed by atoms with van der Waals surface area (Å²) in [5.41, 5.74) is 2.77. The summed E-state index contributed by atoms with van der Waals surface area (Å²) in [7, 11) is 1.60. The monoisotopic (exact) mass is 333 g/mol. The number of hydrogen-bond acceptors (Lipinski definition) is 5. The molecule has 2 aromatic heterocycles. The van der Waals surface area contributed by atoms with Crippen LogP contribution in [0.5, 0.6) is 5.75 Å². The van der Waals surface area contributed by atoms with Gasteiger partial charge in [-0.25, -0.2) is 0 Å². The van der Waals surface area contributed by atoms with Crippen LogP contribution < -0.4 is 10.3 Å². The molecule has 4 rings (SSSR count). The van der Waals surface area contributed by atoms with Gasteiger partial charge in [0.1, 0.15) is 5.75 Å². The first-order chi connectivity index (χ1) is 12.1. The molecule has 2 aromatic carbocycles. The maximum Gasteiger partial charge on any atom is 0.259 e. The number of hydrogen-bond donors (Lipinski definition) is 1. The highest BCUT2D eigenvalue weighted by molar-refractivity contribution is 5.83. The normalized spacial score (nSPS) is 11.0. The molecule has 0 bridgehead atoms. The quantitative estimate of drug-likeness (QED) is 0.620. The minimum atomic E-state index is -0.251. The third-order valence-electron chi connectivity index (χ3n) is 4.00. The maximum atomic E-state index is 12.4. The number of fused-ring (bicyclic) bond motifs is 1. The Kier molecular flexibility index (Phi) is 3.57. The molecule has 0 aliphatic carbocycles. The first kappa shape index (κ1) is 15.1. The fourth-order valence-corrected chi connectivity index (χ4v) is 2.68. The number of nitrogens with one attached hydrogen (secondary N) is 1. The van der Waals surface area contributed by atoms with Crippen molar-refractivity contribution in [3.05, 3.63) is 64.4 Å². The molecule has 0 saturated carbocycles. The molecule has 0 aliphatic heterocycles. The number of methoxy groups -OCH3 is 1. The highest BCUT2D eigenvalue weighted by atomic mass is 16.5. The van der Waals surface area contributed by atoms with Gasteiger partial charge in [-0.3, -0.25) is 4.79 Å². The van der Waals surface area contributed by atoms with E-state index in [1.165, 1.54) is 0 Å². The van der Waals surface area contributed by atoms with Crippen LogP contribution in [0.4, 0.5) is 0 Å². The molecule has 0 saturated heterocycles.